The molecule has 4 aromatic rings. The molecule has 2 aromatic heterocycles. The number of aromatic nitrogens is 4. The normalized spacial score (nSPS) is 14.1. The molecule has 1 aliphatic rings. The molecular formula is C24H26BrClN6O2. The molecule has 5 rings (SSSR count). The van der Waals surface area contributed by atoms with Crippen molar-refractivity contribution in [3.05, 3.63) is 64.9 Å². The molecule has 2 N–H and O–H groups in total. The van der Waals surface area contributed by atoms with E-state index in [2.05, 4.69) is 53.6 Å². The Labute approximate surface area is 212 Å². The topological polar surface area (TPSA) is 88.3 Å². The van der Waals surface area contributed by atoms with Gasteiger partial charge < -0.3 is 20.1 Å². The summed E-state index contributed by atoms with van der Waals surface area (Å²) in [6, 6.07) is 14.1. The molecule has 3 heterocycles. The first-order valence-corrected chi connectivity index (χ1v) is 11.7. The molecule has 10 heteroatoms. The SMILES string of the molecule is COc1ccc(CNc2nnc(N3CCC(O)CC3)c3ccc(-n4cccn4)cc23)cc1Br.Cl. The highest BCUT2D eigenvalue weighted by Gasteiger charge is 2.21. The van der Waals surface area contributed by atoms with Gasteiger partial charge in [0.15, 0.2) is 11.6 Å². The zero-order chi connectivity index (χ0) is 22.8. The van der Waals surface area contributed by atoms with Gasteiger partial charge in [0, 0.05) is 42.8 Å². The number of methoxy groups -OCH3 is 1. The smallest absolute Gasteiger partial charge is 0.159 e. The molecule has 0 saturated carbocycles. The second kappa shape index (κ2) is 10.6. The predicted octanol–water partition coefficient (Wildman–Crippen LogP) is 4.58. The van der Waals surface area contributed by atoms with Gasteiger partial charge in [-0.05, 0) is 70.7 Å². The van der Waals surface area contributed by atoms with Crippen LogP contribution in [-0.2, 0) is 6.54 Å². The Morgan fingerprint density at radius 1 is 1.12 bits per heavy atom. The summed E-state index contributed by atoms with van der Waals surface area (Å²) in [5.41, 5.74) is 2.05. The minimum Gasteiger partial charge on any atom is -0.496 e. The molecule has 1 aliphatic heterocycles. The van der Waals surface area contributed by atoms with Gasteiger partial charge in [0.1, 0.15) is 5.75 Å². The highest BCUT2D eigenvalue weighted by molar-refractivity contribution is 9.10. The van der Waals surface area contributed by atoms with Crippen LogP contribution in [0, 0.1) is 0 Å². The molecule has 0 amide bonds. The summed E-state index contributed by atoms with van der Waals surface area (Å²) in [4.78, 5) is 2.21. The lowest BCUT2D eigenvalue weighted by atomic mass is 10.1. The molecule has 0 atom stereocenters. The zero-order valence-corrected chi connectivity index (χ0v) is 21.1. The summed E-state index contributed by atoms with van der Waals surface area (Å²) in [6.45, 7) is 2.12. The number of nitrogens with zero attached hydrogens (tertiary/aromatic N) is 5. The van der Waals surface area contributed by atoms with Gasteiger partial charge in [-0.3, -0.25) is 0 Å². The van der Waals surface area contributed by atoms with Crippen molar-refractivity contribution >= 4 is 50.7 Å². The maximum Gasteiger partial charge on any atom is 0.159 e. The first-order chi connectivity index (χ1) is 16.1. The first-order valence-electron chi connectivity index (χ1n) is 10.9. The van der Waals surface area contributed by atoms with E-state index in [1.54, 1.807) is 13.3 Å². The van der Waals surface area contributed by atoms with Crippen LogP contribution in [0.5, 0.6) is 5.75 Å². The minimum absolute atomic E-state index is 0. The van der Waals surface area contributed by atoms with E-state index in [1.165, 1.54) is 0 Å². The van der Waals surface area contributed by atoms with Crippen LogP contribution in [0.25, 0.3) is 16.5 Å². The highest BCUT2D eigenvalue weighted by Crippen LogP contribution is 2.32. The molecule has 2 aromatic carbocycles. The van der Waals surface area contributed by atoms with E-state index in [0.717, 1.165) is 64.0 Å². The van der Waals surface area contributed by atoms with Crippen molar-refractivity contribution in [2.45, 2.75) is 25.5 Å². The number of hydrogen-bond donors (Lipinski definition) is 2. The van der Waals surface area contributed by atoms with Crippen molar-refractivity contribution in [2.24, 2.45) is 0 Å². The Morgan fingerprint density at radius 3 is 2.65 bits per heavy atom. The van der Waals surface area contributed by atoms with Crippen LogP contribution in [0.3, 0.4) is 0 Å². The van der Waals surface area contributed by atoms with Gasteiger partial charge in [0.25, 0.3) is 0 Å². The van der Waals surface area contributed by atoms with Crippen molar-refractivity contribution in [1.82, 2.24) is 20.0 Å². The second-order valence-corrected chi connectivity index (χ2v) is 8.95. The summed E-state index contributed by atoms with van der Waals surface area (Å²) in [7, 11) is 1.65. The molecule has 0 bridgehead atoms. The Morgan fingerprint density at radius 2 is 1.94 bits per heavy atom. The van der Waals surface area contributed by atoms with E-state index < -0.39 is 0 Å². The third-order valence-electron chi connectivity index (χ3n) is 5.95. The van der Waals surface area contributed by atoms with Crippen LogP contribution in [0.15, 0.2) is 59.3 Å². The molecule has 0 unspecified atom stereocenters. The molecular weight excluding hydrogens is 520 g/mol. The first kappa shape index (κ1) is 24.3. The average molecular weight is 546 g/mol. The predicted molar refractivity (Wildman–Crippen MR) is 139 cm³/mol. The van der Waals surface area contributed by atoms with Crippen molar-refractivity contribution in [2.75, 3.05) is 30.4 Å². The lowest BCUT2D eigenvalue weighted by Gasteiger charge is -2.31. The third kappa shape index (κ3) is 4.96. The largest absolute Gasteiger partial charge is 0.496 e. The number of nitrogens with one attached hydrogen (secondary N) is 1. The maximum absolute atomic E-state index is 9.91. The Kier molecular flexibility index (Phi) is 7.55. The van der Waals surface area contributed by atoms with Gasteiger partial charge in [-0.1, -0.05) is 6.07 Å². The number of piperidine rings is 1. The third-order valence-corrected chi connectivity index (χ3v) is 6.57. The van der Waals surface area contributed by atoms with Crippen LogP contribution < -0.4 is 15.0 Å². The highest BCUT2D eigenvalue weighted by atomic mass is 79.9. The Balaban J connectivity index is 0.00000274. The quantitative estimate of drug-likeness (QED) is 0.367. The fraction of sp³-hybridized carbons (Fsp3) is 0.292. The number of ether oxygens (including phenoxy) is 1. The van der Waals surface area contributed by atoms with E-state index in [9.17, 15) is 5.11 Å². The molecule has 178 valence electrons. The molecule has 0 radical (unpaired) electrons. The number of anilines is 2. The molecule has 1 saturated heterocycles. The van der Waals surface area contributed by atoms with Crippen LogP contribution in [0.1, 0.15) is 18.4 Å². The summed E-state index contributed by atoms with van der Waals surface area (Å²) in [6.07, 6.45) is 4.92. The van der Waals surface area contributed by atoms with E-state index in [-0.39, 0.29) is 18.5 Å². The molecule has 0 spiro atoms. The lowest BCUT2D eigenvalue weighted by Crippen LogP contribution is -2.36. The van der Waals surface area contributed by atoms with Gasteiger partial charge in [0.05, 0.1) is 23.4 Å². The summed E-state index contributed by atoms with van der Waals surface area (Å²) < 4.78 is 8.07. The molecule has 1 fully saturated rings. The summed E-state index contributed by atoms with van der Waals surface area (Å²) in [5.74, 6) is 2.36. The van der Waals surface area contributed by atoms with Gasteiger partial charge in [-0.2, -0.15) is 5.10 Å². The second-order valence-electron chi connectivity index (χ2n) is 8.09. The van der Waals surface area contributed by atoms with Gasteiger partial charge in [0.2, 0.25) is 0 Å². The number of fused-ring (bicyclic) bond motifs is 1. The average Bonchev–Trinajstić information content (AvgIpc) is 3.38. The van der Waals surface area contributed by atoms with E-state index in [0.29, 0.717) is 12.4 Å². The number of rotatable bonds is 6. The van der Waals surface area contributed by atoms with Crippen LogP contribution >= 0.6 is 28.3 Å². The zero-order valence-electron chi connectivity index (χ0n) is 18.7. The summed E-state index contributed by atoms with van der Waals surface area (Å²) in [5, 5.41) is 28.9. The lowest BCUT2D eigenvalue weighted by molar-refractivity contribution is 0.145. The van der Waals surface area contributed by atoms with Crippen LogP contribution in [-0.4, -0.2) is 51.4 Å². The number of aliphatic hydroxyl groups is 1. The van der Waals surface area contributed by atoms with Crippen molar-refractivity contribution in [3.8, 4) is 11.4 Å². The number of hydrogen-bond acceptors (Lipinski definition) is 7. The van der Waals surface area contributed by atoms with E-state index in [4.69, 9.17) is 4.74 Å². The van der Waals surface area contributed by atoms with E-state index >= 15 is 0 Å². The number of halogens is 2. The number of aliphatic hydroxyl groups excluding tert-OH is 1. The van der Waals surface area contributed by atoms with Crippen molar-refractivity contribution in [3.63, 3.8) is 0 Å². The fourth-order valence-corrected chi connectivity index (χ4v) is 4.73. The van der Waals surface area contributed by atoms with Crippen molar-refractivity contribution in [1.29, 1.82) is 0 Å². The van der Waals surface area contributed by atoms with Crippen LogP contribution in [0.2, 0.25) is 0 Å². The van der Waals surface area contributed by atoms with Crippen molar-refractivity contribution < 1.29 is 9.84 Å². The molecule has 0 aliphatic carbocycles. The maximum atomic E-state index is 9.91. The minimum atomic E-state index is -0.239. The van der Waals surface area contributed by atoms with Crippen LogP contribution in [0.4, 0.5) is 11.6 Å². The summed E-state index contributed by atoms with van der Waals surface area (Å²) >= 11 is 3.55. The number of benzene rings is 2. The van der Waals surface area contributed by atoms with E-state index in [1.807, 2.05) is 41.2 Å². The van der Waals surface area contributed by atoms with Gasteiger partial charge in [-0.15, -0.1) is 22.6 Å². The van der Waals surface area contributed by atoms with Gasteiger partial charge >= 0.3 is 0 Å². The molecule has 8 nitrogen and oxygen atoms in total. The standard InChI is InChI=1S/C24H25BrN6O2.ClH/c1-33-22-6-3-16(13-21(22)25)15-26-23-20-14-17(31-10-2-9-27-31)4-5-19(20)24(29-28-23)30-11-7-18(32)8-12-30;/h2-6,9-10,13-14,18,32H,7-8,11-12,15H2,1H3,(H,26,28);1H. The monoisotopic (exact) mass is 544 g/mol. The Hall–Kier alpha value is -2.88. The fourth-order valence-electron chi connectivity index (χ4n) is 4.14. The molecule has 34 heavy (non-hydrogen) atoms. The van der Waals surface area contributed by atoms with Gasteiger partial charge in [-0.25, -0.2) is 4.68 Å². The Bertz CT molecular complexity index is 1260.